The van der Waals surface area contributed by atoms with Gasteiger partial charge in [0.1, 0.15) is 0 Å². The summed E-state index contributed by atoms with van der Waals surface area (Å²) in [5, 5.41) is 0. The van der Waals surface area contributed by atoms with E-state index >= 15 is 0 Å². The summed E-state index contributed by atoms with van der Waals surface area (Å²) in [6.45, 7) is 4.19. The van der Waals surface area contributed by atoms with Gasteiger partial charge < -0.3 is 9.47 Å². The number of carbonyl (C=O) groups excluding carboxylic acids is 1. The van der Waals surface area contributed by atoms with E-state index in [1.54, 1.807) is 7.11 Å². The minimum Gasteiger partial charge on any atom is -0.436 e. The van der Waals surface area contributed by atoms with Crippen molar-refractivity contribution in [2.24, 2.45) is 0 Å². The van der Waals surface area contributed by atoms with Crippen LogP contribution in [0.4, 0.5) is 0 Å². The van der Waals surface area contributed by atoms with Crippen LogP contribution in [0.15, 0.2) is 24.3 Å². The zero-order valence-electron chi connectivity index (χ0n) is 16.8. The summed E-state index contributed by atoms with van der Waals surface area (Å²) < 4.78 is 10.2. The number of allylic oxidation sites excluding steroid dienone is 4. The molecular formula is C22H40O3. The van der Waals surface area contributed by atoms with Gasteiger partial charge in [-0.25, -0.2) is 0 Å². The van der Waals surface area contributed by atoms with Crippen LogP contribution in [0.25, 0.3) is 0 Å². The van der Waals surface area contributed by atoms with Gasteiger partial charge in [-0.2, -0.15) is 0 Å². The largest absolute Gasteiger partial charge is 0.436 e. The first-order valence-corrected chi connectivity index (χ1v) is 10.3. The zero-order valence-corrected chi connectivity index (χ0v) is 16.8. The lowest BCUT2D eigenvalue weighted by atomic mass is 10.1. The van der Waals surface area contributed by atoms with Crippen molar-refractivity contribution in [2.45, 2.75) is 104 Å². The molecule has 0 fully saturated rings. The highest BCUT2D eigenvalue weighted by Crippen LogP contribution is 2.10. The monoisotopic (exact) mass is 352 g/mol. The van der Waals surface area contributed by atoms with E-state index in [4.69, 9.17) is 9.47 Å². The SMILES string of the molecule is CCCCC/C=C\C/C=C\CCCCCCCC(=O)OC(CC)OC. The number of hydrogen-bond acceptors (Lipinski definition) is 3. The van der Waals surface area contributed by atoms with Gasteiger partial charge in [-0.05, 0) is 38.5 Å². The van der Waals surface area contributed by atoms with Crippen LogP contribution in [-0.2, 0) is 14.3 Å². The molecule has 0 N–H and O–H groups in total. The Balaban J connectivity index is 3.35. The predicted octanol–water partition coefficient (Wildman–Crippen LogP) is 6.73. The van der Waals surface area contributed by atoms with E-state index in [1.807, 2.05) is 6.92 Å². The van der Waals surface area contributed by atoms with Crippen LogP contribution in [0.2, 0.25) is 0 Å². The fourth-order valence-corrected chi connectivity index (χ4v) is 2.58. The maximum Gasteiger partial charge on any atom is 0.308 e. The molecule has 3 heteroatoms. The normalized spacial score (nSPS) is 12.9. The van der Waals surface area contributed by atoms with Crippen LogP contribution >= 0.6 is 0 Å². The lowest BCUT2D eigenvalue weighted by Gasteiger charge is -2.13. The molecule has 0 aliphatic heterocycles. The first kappa shape index (κ1) is 23.9. The molecule has 0 radical (unpaired) electrons. The van der Waals surface area contributed by atoms with Crippen molar-refractivity contribution in [1.29, 1.82) is 0 Å². The number of methoxy groups -OCH3 is 1. The Morgan fingerprint density at radius 1 is 0.840 bits per heavy atom. The average molecular weight is 353 g/mol. The van der Waals surface area contributed by atoms with E-state index in [9.17, 15) is 4.79 Å². The van der Waals surface area contributed by atoms with Gasteiger partial charge in [-0.3, -0.25) is 4.79 Å². The smallest absolute Gasteiger partial charge is 0.308 e. The maximum absolute atomic E-state index is 11.6. The Bertz CT molecular complexity index is 343. The molecule has 0 aromatic carbocycles. The minimum absolute atomic E-state index is 0.139. The molecule has 0 aliphatic carbocycles. The third-order valence-corrected chi connectivity index (χ3v) is 4.19. The van der Waals surface area contributed by atoms with Crippen LogP contribution in [-0.4, -0.2) is 19.4 Å². The third kappa shape index (κ3) is 17.5. The molecule has 25 heavy (non-hydrogen) atoms. The molecule has 1 atom stereocenters. The first-order chi connectivity index (χ1) is 12.2. The number of unbranched alkanes of at least 4 members (excludes halogenated alkanes) is 8. The van der Waals surface area contributed by atoms with Crippen LogP contribution in [0, 0.1) is 0 Å². The summed E-state index contributed by atoms with van der Waals surface area (Å²) in [6, 6.07) is 0. The quantitative estimate of drug-likeness (QED) is 0.126. The molecule has 0 amide bonds. The molecule has 3 nitrogen and oxygen atoms in total. The maximum atomic E-state index is 11.6. The number of carbonyl (C=O) groups is 1. The van der Waals surface area contributed by atoms with Gasteiger partial charge in [0.25, 0.3) is 0 Å². The number of hydrogen-bond donors (Lipinski definition) is 0. The average Bonchev–Trinajstić information content (AvgIpc) is 2.62. The molecule has 146 valence electrons. The van der Waals surface area contributed by atoms with Gasteiger partial charge in [-0.1, -0.05) is 70.3 Å². The second-order valence-electron chi connectivity index (χ2n) is 6.54. The van der Waals surface area contributed by atoms with Crippen LogP contribution in [0.5, 0.6) is 0 Å². The van der Waals surface area contributed by atoms with Crippen molar-refractivity contribution in [3.05, 3.63) is 24.3 Å². The van der Waals surface area contributed by atoms with E-state index in [0.717, 1.165) is 25.7 Å². The van der Waals surface area contributed by atoms with Gasteiger partial charge in [0.05, 0.1) is 0 Å². The number of ether oxygens (including phenoxy) is 2. The van der Waals surface area contributed by atoms with Crippen LogP contribution in [0.3, 0.4) is 0 Å². The Kier molecular flexibility index (Phi) is 18.4. The highest BCUT2D eigenvalue weighted by atomic mass is 16.7. The number of esters is 1. The topological polar surface area (TPSA) is 35.5 Å². The van der Waals surface area contributed by atoms with E-state index in [2.05, 4.69) is 31.2 Å². The lowest BCUT2D eigenvalue weighted by molar-refractivity contribution is -0.173. The summed E-state index contributed by atoms with van der Waals surface area (Å²) >= 11 is 0. The van der Waals surface area contributed by atoms with Gasteiger partial charge in [0.15, 0.2) is 0 Å². The fourth-order valence-electron chi connectivity index (χ4n) is 2.58. The van der Waals surface area contributed by atoms with Gasteiger partial charge in [-0.15, -0.1) is 0 Å². The molecule has 0 saturated heterocycles. The van der Waals surface area contributed by atoms with Crippen LogP contribution in [0.1, 0.15) is 97.3 Å². The lowest BCUT2D eigenvalue weighted by Crippen LogP contribution is -2.18. The Hall–Kier alpha value is -1.09. The molecule has 0 rings (SSSR count). The summed E-state index contributed by atoms with van der Waals surface area (Å²) in [6.07, 6.45) is 23.1. The minimum atomic E-state index is -0.384. The zero-order chi connectivity index (χ0) is 18.6. The van der Waals surface area contributed by atoms with Gasteiger partial charge >= 0.3 is 5.97 Å². The fraction of sp³-hybridized carbons (Fsp3) is 0.773. The van der Waals surface area contributed by atoms with Crippen molar-refractivity contribution in [2.75, 3.05) is 7.11 Å². The Morgan fingerprint density at radius 3 is 2.04 bits per heavy atom. The van der Waals surface area contributed by atoms with Crippen molar-refractivity contribution < 1.29 is 14.3 Å². The first-order valence-electron chi connectivity index (χ1n) is 10.3. The third-order valence-electron chi connectivity index (χ3n) is 4.19. The Morgan fingerprint density at radius 2 is 1.44 bits per heavy atom. The second kappa shape index (κ2) is 19.2. The molecule has 0 bridgehead atoms. The van der Waals surface area contributed by atoms with E-state index in [0.29, 0.717) is 12.8 Å². The van der Waals surface area contributed by atoms with Gasteiger partial charge in [0.2, 0.25) is 6.29 Å². The molecule has 0 aliphatic rings. The van der Waals surface area contributed by atoms with E-state index in [1.165, 1.54) is 44.9 Å². The summed E-state index contributed by atoms with van der Waals surface area (Å²) in [5.41, 5.74) is 0. The van der Waals surface area contributed by atoms with Crippen molar-refractivity contribution >= 4 is 5.97 Å². The second-order valence-corrected chi connectivity index (χ2v) is 6.54. The van der Waals surface area contributed by atoms with Crippen molar-refractivity contribution in [3.8, 4) is 0 Å². The standard InChI is InChI=1S/C22H40O3/c1-4-6-7-8-9-10-11-12-13-14-15-16-17-18-19-20-21(23)25-22(5-2)24-3/h9-10,12-13,22H,4-8,11,14-20H2,1-3H3/b10-9-,13-12-. The number of rotatable bonds is 17. The molecular weight excluding hydrogens is 312 g/mol. The highest BCUT2D eigenvalue weighted by Gasteiger charge is 2.10. The predicted molar refractivity (Wildman–Crippen MR) is 107 cm³/mol. The van der Waals surface area contributed by atoms with Crippen LogP contribution < -0.4 is 0 Å². The summed E-state index contributed by atoms with van der Waals surface area (Å²) in [4.78, 5) is 11.6. The molecule has 0 aromatic rings. The highest BCUT2D eigenvalue weighted by molar-refractivity contribution is 5.69. The van der Waals surface area contributed by atoms with Crippen molar-refractivity contribution in [3.63, 3.8) is 0 Å². The van der Waals surface area contributed by atoms with Gasteiger partial charge in [0, 0.05) is 20.0 Å². The summed E-state index contributed by atoms with van der Waals surface area (Å²) in [7, 11) is 1.57. The Labute approximate surface area is 155 Å². The van der Waals surface area contributed by atoms with E-state index < -0.39 is 0 Å². The summed E-state index contributed by atoms with van der Waals surface area (Å²) in [5.74, 6) is -0.139. The van der Waals surface area contributed by atoms with Crippen molar-refractivity contribution in [1.82, 2.24) is 0 Å². The molecule has 1 unspecified atom stereocenters. The molecule has 0 aromatic heterocycles. The molecule has 0 spiro atoms. The molecule has 0 heterocycles. The van der Waals surface area contributed by atoms with E-state index in [-0.39, 0.29) is 12.3 Å². The molecule has 0 saturated carbocycles.